The first-order valence-corrected chi connectivity index (χ1v) is 31.6. The lowest BCUT2D eigenvalue weighted by atomic mass is 10.00. The van der Waals surface area contributed by atoms with Crippen molar-refractivity contribution in [1.29, 1.82) is 5.41 Å². The number of rotatable bonds is 58. The number of unbranched alkanes of at least 4 members (excludes halogenated alkanes) is 12. The molecule has 0 aromatic heterocycles. The molecule has 24 N–H and O–H groups in total. The van der Waals surface area contributed by atoms with Crippen molar-refractivity contribution in [1.82, 2.24) is 53.2 Å². The maximum atomic E-state index is 14.5. The Morgan fingerprint density at radius 2 is 1.14 bits per heavy atom. The van der Waals surface area contributed by atoms with E-state index >= 15 is 0 Å². The molecule has 0 aliphatic carbocycles. The van der Waals surface area contributed by atoms with E-state index in [0.29, 0.717) is 58.2 Å². The van der Waals surface area contributed by atoms with Gasteiger partial charge in [0.05, 0.1) is 36.4 Å². The zero-order valence-corrected chi connectivity index (χ0v) is 53.0. The van der Waals surface area contributed by atoms with E-state index < -0.39 is 104 Å². The van der Waals surface area contributed by atoms with Crippen molar-refractivity contribution in [3.8, 4) is 0 Å². The Hall–Kier alpha value is -2.81. The van der Waals surface area contributed by atoms with Gasteiger partial charge in [-0.05, 0) is 97.5 Å². The predicted molar refractivity (Wildman–Crippen MR) is 335 cm³/mol. The lowest BCUT2D eigenvalue weighted by molar-refractivity contribution is -0.554. The first-order chi connectivity index (χ1) is 40.0. The number of aliphatic hydroxyl groups is 7. The molecule has 0 spiro atoms. The Bertz CT molecular complexity index is 1670. The van der Waals surface area contributed by atoms with E-state index in [1.165, 1.54) is 71.8 Å². The second-order valence-corrected chi connectivity index (χ2v) is 23.3. The van der Waals surface area contributed by atoms with Crippen LogP contribution in [-0.2, 0) is 14.3 Å². The number of hydrogen-bond acceptors (Lipinski definition) is 23. The molecule has 0 saturated carbocycles. The molecular weight excluding hydrogens is 1080 g/mol. The van der Waals surface area contributed by atoms with E-state index in [4.69, 9.17) is 27.3 Å². The third-order valence-electron chi connectivity index (χ3n) is 15.2. The highest BCUT2D eigenvalue weighted by Crippen LogP contribution is 2.17. The molecule has 0 aromatic carbocycles. The maximum absolute atomic E-state index is 14.5. The smallest absolute Gasteiger partial charge is 0.237 e. The van der Waals surface area contributed by atoms with Crippen LogP contribution in [0.15, 0.2) is 4.99 Å². The summed E-state index contributed by atoms with van der Waals surface area (Å²) >= 11 is 0. The minimum Gasteiger partial charge on any atom is -0.379 e. The first kappa shape index (κ1) is 81.2. The summed E-state index contributed by atoms with van der Waals surface area (Å²) in [5.41, 5.74) is 17.8. The molecule has 84 heavy (non-hydrogen) atoms. The van der Waals surface area contributed by atoms with Gasteiger partial charge in [-0.1, -0.05) is 105 Å². The molecule has 17 atom stereocenters. The molecule has 0 aliphatic heterocycles. The van der Waals surface area contributed by atoms with Crippen molar-refractivity contribution in [3.05, 3.63) is 0 Å². The number of amides is 2. The molecule has 0 aliphatic rings. The Kier molecular flexibility index (Phi) is 48.4. The van der Waals surface area contributed by atoms with Gasteiger partial charge in [0.25, 0.3) is 0 Å². The van der Waals surface area contributed by atoms with Gasteiger partial charge in [0.15, 0.2) is 6.29 Å². The van der Waals surface area contributed by atoms with Crippen LogP contribution in [0, 0.1) is 11.3 Å². The van der Waals surface area contributed by atoms with Gasteiger partial charge in [-0.3, -0.25) is 62.8 Å². The van der Waals surface area contributed by atoms with Crippen LogP contribution in [0.5, 0.6) is 0 Å². The zero-order chi connectivity index (χ0) is 63.4. The number of aliphatic hydroxyl groups excluding tert-OH is 7. The van der Waals surface area contributed by atoms with Gasteiger partial charge < -0.3 is 68.0 Å². The minimum atomic E-state index is -1.62. The first-order valence-electron chi connectivity index (χ1n) is 31.6. The van der Waals surface area contributed by atoms with Gasteiger partial charge in [-0.2, -0.15) is 0 Å². The Morgan fingerprint density at radius 3 is 1.67 bits per heavy atom. The van der Waals surface area contributed by atoms with Crippen LogP contribution in [0.2, 0.25) is 0 Å². The number of carbonyl (C=O) groups excluding carboxylic acids is 2. The number of nitrogens with zero attached hydrogens (tertiary/aromatic N) is 2. The standard InChI is InChI=1S/C58H124N16O10/c1-11-13-14-15-16-17-18-19-20-21-22-23-24-31-49(75)69-43(29-25-32-65-48(61)38-59)53(79)72-45(35-39(3)4)57(83)70-44(30-26-33-66-58(62)64-8)54(80)73-46(36-50(76)63-7)55(81)67-40(5)52(78)71-47(37-51(77)84-10)56(82)68-42(12-2)28-27-34-74(9)41(6)60/h38-54,56,58-59,64-66,68-69,71-73,75-80,82H,7,9,11-37,60-62H2,1-6,8,10H3,(H-,67,70,81,83)/p+1. The number of ether oxygens (including phenoxy) is 1. The molecule has 2 amide bonds. The third kappa shape index (κ3) is 39.9. The summed E-state index contributed by atoms with van der Waals surface area (Å²) in [6.07, 6.45) is 9.51. The Labute approximate surface area is 505 Å². The van der Waals surface area contributed by atoms with Crippen LogP contribution in [0.1, 0.15) is 196 Å². The summed E-state index contributed by atoms with van der Waals surface area (Å²) in [6, 6.07) is -6.35. The number of methoxy groups -OCH3 is 1. The van der Waals surface area contributed by atoms with Gasteiger partial charge in [-0.25, -0.2) is 4.58 Å². The second-order valence-electron chi connectivity index (χ2n) is 23.3. The van der Waals surface area contributed by atoms with Crippen molar-refractivity contribution in [2.45, 2.75) is 300 Å². The van der Waals surface area contributed by atoms with E-state index in [0.717, 1.165) is 38.3 Å². The molecule has 0 saturated heterocycles. The average molecular weight is 1210 g/mol. The number of aliphatic imine (C=N–C) groups is 1. The molecule has 26 heteroatoms. The highest BCUT2D eigenvalue weighted by atomic mass is 16.6. The highest BCUT2D eigenvalue weighted by molar-refractivity contribution is 5.83. The molecule has 0 fully saturated rings. The zero-order valence-electron chi connectivity index (χ0n) is 53.0. The Balaban J connectivity index is 6.40. The van der Waals surface area contributed by atoms with Crippen LogP contribution >= 0.6 is 0 Å². The van der Waals surface area contributed by atoms with Crippen LogP contribution in [0.25, 0.3) is 0 Å². The lowest BCUT2D eigenvalue weighted by Gasteiger charge is -2.34. The molecule has 0 radical (unpaired) electrons. The fourth-order valence-electron chi connectivity index (χ4n) is 9.72. The number of nitrogens with two attached hydrogens (primary N) is 3. The number of carbonyl (C=O) groups is 2. The van der Waals surface area contributed by atoms with Gasteiger partial charge in [0.2, 0.25) is 18.0 Å². The van der Waals surface area contributed by atoms with Crippen molar-refractivity contribution in [2.24, 2.45) is 28.1 Å². The van der Waals surface area contributed by atoms with Crippen molar-refractivity contribution in [2.75, 3.05) is 33.8 Å². The third-order valence-corrected chi connectivity index (χ3v) is 15.2. The number of nitrogens with one attached hydrogen (secondary N) is 11. The van der Waals surface area contributed by atoms with E-state index in [1.54, 1.807) is 11.6 Å². The summed E-state index contributed by atoms with van der Waals surface area (Å²) < 4.78 is 6.84. The van der Waals surface area contributed by atoms with E-state index in [-0.39, 0.29) is 43.8 Å². The van der Waals surface area contributed by atoms with Crippen molar-refractivity contribution < 1.29 is 54.6 Å². The fourth-order valence-corrected chi connectivity index (χ4v) is 9.72. The Morgan fingerprint density at radius 1 is 0.619 bits per heavy atom. The molecule has 496 valence electrons. The molecular formula is C58H125N16O10+. The summed E-state index contributed by atoms with van der Waals surface area (Å²) in [5, 5.41) is 116. The average Bonchev–Trinajstić information content (AvgIpc) is 3.65. The predicted octanol–water partition coefficient (Wildman–Crippen LogP) is -0.00603. The minimum absolute atomic E-state index is 0.0458. The van der Waals surface area contributed by atoms with Gasteiger partial charge >= 0.3 is 0 Å². The summed E-state index contributed by atoms with van der Waals surface area (Å²) in [4.78, 5) is 32.3. The van der Waals surface area contributed by atoms with E-state index in [2.05, 4.69) is 78.5 Å². The topological polar surface area (TPSA) is 423 Å². The monoisotopic (exact) mass is 1210 g/mol. The van der Waals surface area contributed by atoms with Crippen LogP contribution in [-0.4, -0.2) is 210 Å². The maximum Gasteiger partial charge on any atom is 0.237 e. The molecule has 0 aromatic rings. The van der Waals surface area contributed by atoms with Crippen LogP contribution in [0.4, 0.5) is 0 Å². The molecule has 17 unspecified atom stereocenters. The van der Waals surface area contributed by atoms with Crippen LogP contribution < -0.4 is 70.4 Å². The highest BCUT2D eigenvalue weighted by Gasteiger charge is 2.35. The van der Waals surface area contributed by atoms with E-state index in [9.17, 15) is 45.3 Å². The molecule has 26 nitrogen and oxygen atoms in total. The summed E-state index contributed by atoms with van der Waals surface area (Å²) in [7, 11) is 2.98. The van der Waals surface area contributed by atoms with Crippen molar-refractivity contribution >= 4 is 31.5 Å². The van der Waals surface area contributed by atoms with Crippen LogP contribution in [0.3, 0.4) is 0 Å². The fraction of sp³-hybridized carbons (Fsp3) is 0.914. The second kappa shape index (κ2) is 50.1. The number of hydrogen-bond donors (Lipinski definition) is 21. The summed E-state index contributed by atoms with van der Waals surface area (Å²) in [6.45, 7) is 20.2. The van der Waals surface area contributed by atoms with Gasteiger partial charge in [-0.15, -0.1) is 0 Å². The SMILES string of the molecule is C=NC(O)CC(NC(O)C(CCCNC(N)NC)NC(=O)C(CC(C)C)NC(O)C(CCCNC(N)C=N)NC(O)CCCCCCCCCCCCCCC)C(=O)NC(C)C(O)NC(CC(O)OC)C(O)NC(CC)CCC[N+](=C)C(C)N. The van der Waals surface area contributed by atoms with Gasteiger partial charge in [0, 0.05) is 51.6 Å². The van der Waals surface area contributed by atoms with Crippen molar-refractivity contribution in [3.63, 3.8) is 0 Å². The molecule has 0 bridgehead atoms. The lowest BCUT2D eigenvalue weighted by Crippen LogP contribution is -2.62. The van der Waals surface area contributed by atoms with Gasteiger partial charge in [0.1, 0.15) is 56.9 Å². The largest absolute Gasteiger partial charge is 0.379 e. The molecule has 0 heterocycles. The molecule has 0 rings (SSSR count). The normalized spacial score (nSPS) is 18.2. The van der Waals surface area contributed by atoms with E-state index in [1.807, 2.05) is 27.7 Å². The summed E-state index contributed by atoms with van der Waals surface area (Å²) in [5.74, 6) is -1.37. The quantitative estimate of drug-likeness (QED) is 0.0165.